The zero-order valence-electron chi connectivity index (χ0n) is 17.1. The second-order valence-electron chi connectivity index (χ2n) is 8.76. The fourth-order valence-electron chi connectivity index (χ4n) is 5.06. The summed E-state index contributed by atoms with van der Waals surface area (Å²) in [5, 5.41) is 10.9. The van der Waals surface area contributed by atoms with Crippen molar-refractivity contribution in [3.63, 3.8) is 0 Å². The predicted octanol–water partition coefficient (Wildman–Crippen LogP) is 3.14. The molecule has 0 unspecified atom stereocenters. The number of aliphatic hydroxyl groups excluding tert-OH is 1. The second-order valence-corrected chi connectivity index (χ2v) is 8.76. The average Bonchev–Trinajstić information content (AvgIpc) is 3.26. The van der Waals surface area contributed by atoms with Gasteiger partial charge in [0.2, 0.25) is 5.91 Å². The van der Waals surface area contributed by atoms with Crippen molar-refractivity contribution in [3.8, 4) is 0 Å². The number of aryl methyl sites for hydroxylation is 2. The van der Waals surface area contributed by atoms with Crippen molar-refractivity contribution >= 4 is 16.9 Å². The third-order valence-corrected chi connectivity index (χ3v) is 6.54. The van der Waals surface area contributed by atoms with Crippen LogP contribution in [-0.4, -0.2) is 60.1 Å². The largest absolute Gasteiger partial charge is 0.464 e. The molecule has 0 radical (unpaired) electrons. The first-order valence-corrected chi connectivity index (χ1v) is 10.6. The van der Waals surface area contributed by atoms with Gasteiger partial charge in [-0.25, -0.2) is 0 Å². The number of hydrogen-bond donors (Lipinski definition) is 1. The van der Waals surface area contributed by atoms with Crippen molar-refractivity contribution in [2.45, 2.75) is 39.5 Å². The smallest absolute Gasteiger partial charge is 0.227 e. The van der Waals surface area contributed by atoms with Crippen molar-refractivity contribution in [2.24, 2.45) is 11.8 Å². The molecule has 0 spiro atoms. The normalized spacial score (nSPS) is 23.6. The highest BCUT2D eigenvalue weighted by molar-refractivity contribution is 5.90. The minimum Gasteiger partial charge on any atom is -0.464 e. The summed E-state index contributed by atoms with van der Waals surface area (Å²) in [5.41, 5.74) is 4.16. The van der Waals surface area contributed by atoms with Gasteiger partial charge in [0.1, 0.15) is 5.58 Å². The molecular formula is C23H32N2O3. The van der Waals surface area contributed by atoms with E-state index >= 15 is 0 Å². The molecule has 2 fully saturated rings. The standard InChI is InChI=1S/C23H32N2O3/c1-16-8-17(2)23-18(15-28-21(23)9-16)10-22(27)25-12-19(20(13-25)14-26)11-24-6-4-3-5-7-24/h8-9,15,19-20,26H,3-7,10-14H2,1-2H3/t19-,20-/m1/s1. The van der Waals surface area contributed by atoms with Gasteiger partial charge in [0.05, 0.1) is 12.7 Å². The van der Waals surface area contributed by atoms with Crippen LogP contribution in [0.25, 0.3) is 11.0 Å². The van der Waals surface area contributed by atoms with Crippen LogP contribution in [0.5, 0.6) is 0 Å². The predicted molar refractivity (Wildman–Crippen MR) is 110 cm³/mol. The molecule has 5 heteroatoms. The molecule has 2 aromatic rings. The summed E-state index contributed by atoms with van der Waals surface area (Å²) in [6.07, 6.45) is 5.97. The Morgan fingerprint density at radius 2 is 1.89 bits per heavy atom. The maximum absolute atomic E-state index is 13.0. The minimum atomic E-state index is 0.141. The molecule has 2 aliphatic heterocycles. The quantitative estimate of drug-likeness (QED) is 0.860. The molecule has 2 aliphatic rings. The molecule has 1 amide bonds. The Bertz CT molecular complexity index is 838. The molecule has 4 rings (SSSR count). The Morgan fingerprint density at radius 1 is 1.14 bits per heavy atom. The Balaban J connectivity index is 1.43. The van der Waals surface area contributed by atoms with E-state index in [1.165, 1.54) is 24.8 Å². The summed E-state index contributed by atoms with van der Waals surface area (Å²) < 4.78 is 5.72. The molecule has 152 valence electrons. The topological polar surface area (TPSA) is 56.9 Å². The first kappa shape index (κ1) is 19.5. The lowest BCUT2D eigenvalue weighted by molar-refractivity contribution is -0.129. The van der Waals surface area contributed by atoms with Gasteiger partial charge in [0, 0.05) is 43.1 Å². The molecular weight excluding hydrogens is 352 g/mol. The van der Waals surface area contributed by atoms with E-state index in [1.807, 2.05) is 11.0 Å². The van der Waals surface area contributed by atoms with Gasteiger partial charge in [-0.1, -0.05) is 12.5 Å². The molecule has 0 bridgehead atoms. The van der Waals surface area contributed by atoms with Gasteiger partial charge in [-0.2, -0.15) is 0 Å². The van der Waals surface area contributed by atoms with Gasteiger partial charge in [-0.15, -0.1) is 0 Å². The first-order chi connectivity index (χ1) is 13.5. The number of piperidine rings is 1. The van der Waals surface area contributed by atoms with E-state index in [0.29, 0.717) is 18.9 Å². The third kappa shape index (κ3) is 3.96. The minimum absolute atomic E-state index is 0.141. The van der Waals surface area contributed by atoms with Gasteiger partial charge in [-0.3, -0.25) is 4.79 Å². The maximum atomic E-state index is 13.0. The van der Waals surface area contributed by atoms with Crippen LogP contribution < -0.4 is 0 Å². The van der Waals surface area contributed by atoms with E-state index in [0.717, 1.165) is 48.3 Å². The van der Waals surface area contributed by atoms with E-state index in [9.17, 15) is 9.90 Å². The van der Waals surface area contributed by atoms with Gasteiger partial charge >= 0.3 is 0 Å². The number of rotatable bonds is 5. The van der Waals surface area contributed by atoms with Crippen molar-refractivity contribution < 1.29 is 14.3 Å². The monoisotopic (exact) mass is 384 g/mol. The highest BCUT2D eigenvalue weighted by Gasteiger charge is 2.36. The summed E-state index contributed by atoms with van der Waals surface area (Å²) in [6.45, 7) is 9.03. The number of furan rings is 1. The number of fused-ring (bicyclic) bond motifs is 1. The lowest BCUT2D eigenvalue weighted by Crippen LogP contribution is -2.37. The molecule has 0 saturated carbocycles. The lowest BCUT2D eigenvalue weighted by Gasteiger charge is -2.30. The van der Waals surface area contributed by atoms with Crippen molar-refractivity contribution in [1.29, 1.82) is 0 Å². The van der Waals surface area contributed by atoms with Gasteiger partial charge in [0.25, 0.3) is 0 Å². The van der Waals surface area contributed by atoms with E-state index in [4.69, 9.17) is 4.42 Å². The van der Waals surface area contributed by atoms with Crippen LogP contribution in [0, 0.1) is 25.7 Å². The highest BCUT2D eigenvalue weighted by atomic mass is 16.3. The van der Waals surface area contributed by atoms with Crippen LogP contribution >= 0.6 is 0 Å². The van der Waals surface area contributed by atoms with E-state index in [2.05, 4.69) is 24.8 Å². The van der Waals surface area contributed by atoms with E-state index in [1.54, 1.807) is 6.26 Å². The molecule has 1 aromatic carbocycles. The number of hydrogen-bond acceptors (Lipinski definition) is 4. The van der Waals surface area contributed by atoms with Crippen molar-refractivity contribution in [1.82, 2.24) is 9.80 Å². The molecule has 2 atom stereocenters. The molecule has 5 nitrogen and oxygen atoms in total. The zero-order chi connectivity index (χ0) is 19.7. The van der Waals surface area contributed by atoms with Gasteiger partial charge in [-0.05, 0) is 62.9 Å². The number of carbonyl (C=O) groups excluding carboxylic acids is 1. The van der Waals surface area contributed by atoms with Crippen molar-refractivity contribution in [3.05, 3.63) is 35.1 Å². The molecule has 1 aromatic heterocycles. The summed E-state index contributed by atoms with van der Waals surface area (Å²) in [4.78, 5) is 17.5. The fourth-order valence-corrected chi connectivity index (χ4v) is 5.06. The van der Waals surface area contributed by atoms with Crippen LogP contribution in [0.3, 0.4) is 0 Å². The molecule has 3 heterocycles. The number of carbonyl (C=O) groups is 1. The van der Waals surface area contributed by atoms with Crippen LogP contribution in [0.15, 0.2) is 22.8 Å². The maximum Gasteiger partial charge on any atom is 0.227 e. The van der Waals surface area contributed by atoms with Crippen molar-refractivity contribution in [2.75, 3.05) is 39.3 Å². The Labute approximate surface area is 167 Å². The lowest BCUT2D eigenvalue weighted by atomic mass is 9.95. The number of benzene rings is 1. The Morgan fingerprint density at radius 3 is 2.64 bits per heavy atom. The van der Waals surface area contributed by atoms with Crippen LogP contribution in [0.2, 0.25) is 0 Å². The second kappa shape index (κ2) is 8.26. The highest BCUT2D eigenvalue weighted by Crippen LogP contribution is 2.29. The molecule has 1 N–H and O–H groups in total. The summed E-state index contributed by atoms with van der Waals surface area (Å²) in [7, 11) is 0. The summed E-state index contributed by atoms with van der Waals surface area (Å²) >= 11 is 0. The number of amides is 1. The first-order valence-electron chi connectivity index (χ1n) is 10.6. The average molecular weight is 385 g/mol. The van der Waals surface area contributed by atoms with E-state index < -0.39 is 0 Å². The zero-order valence-corrected chi connectivity index (χ0v) is 17.1. The Kier molecular flexibility index (Phi) is 5.74. The Hall–Kier alpha value is -1.85. The fraction of sp³-hybridized carbons (Fsp3) is 0.609. The van der Waals surface area contributed by atoms with Gasteiger partial charge in [0.15, 0.2) is 0 Å². The van der Waals surface area contributed by atoms with Gasteiger partial charge < -0.3 is 19.3 Å². The molecule has 2 saturated heterocycles. The summed E-state index contributed by atoms with van der Waals surface area (Å²) in [6, 6.07) is 4.17. The van der Waals surface area contributed by atoms with Crippen LogP contribution in [0.4, 0.5) is 0 Å². The number of likely N-dealkylation sites (tertiary alicyclic amines) is 2. The van der Waals surface area contributed by atoms with E-state index in [-0.39, 0.29) is 18.4 Å². The molecule has 0 aliphatic carbocycles. The summed E-state index contributed by atoms with van der Waals surface area (Å²) in [5.74, 6) is 0.705. The third-order valence-electron chi connectivity index (χ3n) is 6.54. The number of aliphatic hydroxyl groups is 1. The van der Waals surface area contributed by atoms with Crippen LogP contribution in [-0.2, 0) is 11.2 Å². The number of nitrogens with zero attached hydrogens (tertiary/aromatic N) is 2. The SMILES string of the molecule is Cc1cc(C)c2c(CC(=O)N3C[C@@H](CN4CCCCC4)[C@@H](CO)C3)coc2c1. The van der Waals surface area contributed by atoms with Crippen LogP contribution in [0.1, 0.15) is 36.0 Å². The molecule has 28 heavy (non-hydrogen) atoms.